The van der Waals surface area contributed by atoms with Gasteiger partial charge in [0.05, 0.1) is 0 Å². The molecular formula is C30H42F2. The molecule has 0 atom stereocenters. The molecule has 32 heavy (non-hydrogen) atoms. The molecule has 2 heteroatoms. The SMILES string of the molecule is CCCCCC1CCC(C2CCC(c3cc4ccc(CCC)cc4c(F)c3F)CC2)CC1. The van der Waals surface area contributed by atoms with Gasteiger partial charge in [0.25, 0.3) is 0 Å². The first-order chi connectivity index (χ1) is 15.6. The van der Waals surface area contributed by atoms with Crippen molar-refractivity contribution < 1.29 is 8.78 Å². The summed E-state index contributed by atoms with van der Waals surface area (Å²) in [6, 6.07) is 7.84. The van der Waals surface area contributed by atoms with Crippen molar-refractivity contribution >= 4 is 10.8 Å². The van der Waals surface area contributed by atoms with Gasteiger partial charge in [0, 0.05) is 5.39 Å². The summed E-state index contributed by atoms with van der Waals surface area (Å²) >= 11 is 0. The molecule has 0 saturated heterocycles. The van der Waals surface area contributed by atoms with E-state index in [9.17, 15) is 4.39 Å². The maximum atomic E-state index is 15.1. The van der Waals surface area contributed by atoms with Gasteiger partial charge in [0.2, 0.25) is 0 Å². The molecule has 2 aliphatic carbocycles. The summed E-state index contributed by atoms with van der Waals surface area (Å²) < 4.78 is 30.1. The van der Waals surface area contributed by atoms with Gasteiger partial charge in [-0.25, -0.2) is 8.78 Å². The standard InChI is InChI=1S/C30H42F2/c1-3-5-6-8-21-9-12-23(13-10-21)24-15-17-25(18-16-24)28-20-26-14-11-22(7-4-2)19-27(26)29(31)30(28)32/h11,14,19-21,23-25H,3-10,12-13,15-18H2,1-2H3. The van der Waals surface area contributed by atoms with Crippen LogP contribution in [0.3, 0.4) is 0 Å². The van der Waals surface area contributed by atoms with Gasteiger partial charge in [-0.15, -0.1) is 0 Å². The molecule has 176 valence electrons. The van der Waals surface area contributed by atoms with Crippen molar-refractivity contribution in [3.63, 3.8) is 0 Å². The van der Waals surface area contributed by atoms with E-state index in [1.807, 2.05) is 18.2 Å². The molecule has 2 fully saturated rings. The third kappa shape index (κ3) is 5.37. The number of fused-ring (bicyclic) bond motifs is 1. The maximum absolute atomic E-state index is 15.1. The molecule has 2 aromatic rings. The monoisotopic (exact) mass is 440 g/mol. The summed E-state index contributed by atoms with van der Waals surface area (Å²) in [5.74, 6) is 1.56. The molecule has 2 saturated carbocycles. The van der Waals surface area contributed by atoms with Crippen LogP contribution < -0.4 is 0 Å². The van der Waals surface area contributed by atoms with Crippen LogP contribution in [0.25, 0.3) is 10.8 Å². The molecule has 0 nitrogen and oxygen atoms in total. The Balaban J connectivity index is 1.36. The summed E-state index contributed by atoms with van der Waals surface area (Å²) in [5, 5.41) is 1.30. The molecule has 0 bridgehead atoms. The van der Waals surface area contributed by atoms with Crippen LogP contribution in [0, 0.1) is 29.4 Å². The number of benzene rings is 2. The fourth-order valence-electron chi connectivity index (χ4n) is 6.67. The van der Waals surface area contributed by atoms with Crippen LogP contribution in [0.1, 0.15) is 114 Å². The smallest absolute Gasteiger partial charge is 0.166 e. The second-order valence-electron chi connectivity index (χ2n) is 10.8. The second kappa shape index (κ2) is 11.1. The molecule has 0 radical (unpaired) electrons. The Labute approximate surface area is 194 Å². The fourth-order valence-corrected chi connectivity index (χ4v) is 6.67. The van der Waals surface area contributed by atoms with Gasteiger partial charge >= 0.3 is 0 Å². The number of rotatable bonds is 8. The topological polar surface area (TPSA) is 0 Å². The summed E-state index contributed by atoms with van der Waals surface area (Å²) in [6.45, 7) is 4.40. The van der Waals surface area contributed by atoms with E-state index in [-0.39, 0.29) is 5.92 Å². The van der Waals surface area contributed by atoms with Crippen LogP contribution >= 0.6 is 0 Å². The van der Waals surface area contributed by atoms with E-state index in [0.29, 0.717) is 10.9 Å². The van der Waals surface area contributed by atoms with Crippen LogP contribution in [-0.4, -0.2) is 0 Å². The zero-order valence-corrected chi connectivity index (χ0v) is 20.3. The van der Waals surface area contributed by atoms with E-state index >= 15 is 4.39 Å². The van der Waals surface area contributed by atoms with Crippen molar-refractivity contribution in [3.05, 3.63) is 47.0 Å². The normalized spacial score (nSPS) is 26.5. The third-order valence-corrected chi connectivity index (χ3v) is 8.64. The molecule has 0 unspecified atom stereocenters. The van der Waals surface area contributed by atoms with E-state index < -0.39 is 11.6 Å². The lowest BCUT2D eigenvalue weighted by Gasteiger charge is -2.38. The minimum Gasteiger partial charge on any atom is -0.203 e. The molecule has 0 aliphatic heterocycles. The molecule has 0 heterocycles. The number of hydrogen-bond donors (Lipinski definition) is 0. The van der Waals surface area contributed by atoms with Gasteiger partial charge < -0.3 is 0 Å². The van der Waals surface area contributed by atoms with Crippen molar-refractivity contribution in [1.82, 2.24) is 0 Å². The van der Waals surface area contributed by atoms with Crippen molar-refractivity contribution in [2.45, 2.75) is 110 Å². The van der Waals surface area contributed by atoms with Crippen molar-refractivity contribution in [3.8, 4) is 0 Å². The highest BCUT2D eigenvalue weighted by atomic mass is 19.2. The molecule has 0 aromatic heterocycles. The fraction of sp³-hybridized carbons (Fsp3) is 0.667. The average molecular weight is 441 g/mol. The van der Waals surface area contributed by atoms with Gasteiger partial charge in [0.1, 0.15) is 0 Å². The van der Waals surface area contributed by atoms with Gasteiger partial charge in [-0.2, -0.15) is 0 Å². The largest absolute Gasteiger partial charge is 0.203 e. The van der Waals surface area contributed by atoms with E-state index in [4.69, 9.17) is 0 Å². The Kier molecular flexibility index (Phi) is 8.24. The Morgan fingerprint density at radius 3 is 2.09 bits per heavy atom. The summed E-state index contributed by atoms with van der Waals surface area (Å²) in [6.07, 6.45) is 17.5. The molecule has 0 N–H and O–H groups in total. The minimum atomic E-state index is -0.640. The Morgan fingerprint density at radius 2 is 1.44 bits per heavy atom. The summed E-state index contributed by atoms with van der Waals surface area (Å²) in [4.78, 5) is 0. The van der Waals surface area contributed by atoms with Gasteiger partial charge in [-0.3, -0.25) is 0 Å². The number of hydrogen-bond acceptors (Lipinski definition) is 0. The van der Waals surface area contributed by atoms with Gasteiger partial charge in [-0.1, -0.05) is 70.9 Å². The van der Waals surface area contributed by atoms with Gasteiger partial charge in [0.15, 0.2) is 11.6 Å². The Hall–Kier alpha value is -1.44. The lowest BCUT2D eigenvalue weighted by Crippen LogP contribution is -2.25. The highest BCUT2D eigenvalue weighted by molar-refractivity contribution is 5.85. The lowest BCUT2D eigenvalue weighted by molar-refractivity contribution is 0.155. The number of aryl methyl sites for hydroxylation is 1. The highest BCUT2D eigenvalue weighted by Gasteiger charge is 2.32. The predicted octanol–water partition coefficient (Wildman–Crippen LogP) is 9.73. The lowest BCUT2D eigenvalue weighted by atomic mass is 9.68. The van der Waals surface area contributed by atoms with Crippen LogP contribution in [0.15, 0.2) is 24.3 Å². The van der Waals surface area contributed by atoms with Crippen molar-refractivity contribution in [2.75, 3.05) is 0 Å². The second-order valence-corrected chi connectivity index (χ2v) is 10.8. The first-order valence-corrected chi connectivity index (χ1v) is 13.5. The number of unbranched alkanes of at least 4 members (excludes halogenated alkanes) is 2. The van der Waals surface area contributed by atoms with Gasteiger partial charge in [-0.05, 0) is 97.3 Å². The van der Waals surface area contributed by atoms with Crippen LogP contribution in [0.4, 0.5) is 8.78 Å². The van der Waals surface area contributed by atoms with E-state index in [1.165, 1.54) is 64.2 Å². The minimum absolute atomic E-state index is 0.172. The molecule has 2 aromatic carbocycles. The van der Waals surface area contributed by atoms with Crippen LogP contribution in [-0.2, 0) is 6.42 Å². The molecule has 2 aliphatic rings. The zero-order chi connectivity index (χ0) is 22.5. The van der Waals surface area contributed by atoms with Crippen LogP contribution in [0.5, 0.6) is 0 Å². The van der Waals surface area contributed by atoms with Crippen molar-refractivity contribution in [2.24, 2.45) is 17.8 Å². The predicted molar refractivity (Wildman–Crippen MR) is 132 cm³/mol. The molecular weight excluding hydrogens is 398 g/mol. The zero-order valence-electron chi connectivity index (χ0n) is 20.3. The maximum Gasteiger partial charge on any atom is 0.166 e. The molecule has 0 amide bonds. The number of halogens is 2. The van der Waals surface area contributed by atoms with E-state index in [1.54, 1.807) is 0 Å². The highest BCUT2D eigenvalue weighted by Crippen LogP contribution is 2.45. The summed E-state index contributed by atoms with van der Waals surface area (Å²) in [7, 11) is 0. The molecule has 4 rings (SSSR count). The Bertz CT molecular complexity index is 870. The van der Waals surface area contributed by atoms with Crippen molar-refractivity contribution in [1.29, 1.82) is 0 Å². The quantitative estimate of drug-likeness (QED) is 0.358. The third-order valence-electron chi connectivity index (χ3n) is 8.64. The first-order valence-electron chi connectivity index (χ1n) is 13.5. The van der Waals surface area contributed by atoms with E-state index in [2.05, 4.69) is 19.9 Å². The first kappa shape index (κ1) is 23.7. The molecule has 0 spiro atoms. The average Bonchev–Trinajstić information content (AvgIpc) is 2.83. The van der Waals surface area contributed by atoms with Crippen LogP contribution in [0.2, 0.25) is 0 Å². The Morgan fingerprint density at radius 1 is 0.750 bits per heavy atom. The summed E-state index contributed by atoms with van der Waals surface area (Å²) in [5.41, 5.74) is 1.71. The van der Waals surface area contributed by atoms with E-state index in [0.717, 1.165) is 54.4 Å².